The van der Waals surface area contributed by atoms with E-state index in [0.29, 0.717) is 0 Å². The Balaban J connectivity index is 1.83. The van der Waals surface area contributed by atoms with E-state index in [4.69, 9.17) is 0 Å². The Morgan fingerprint density at radius 3 is 2.64 bits per heavy atom. The summed E-state index contributed by atoms with van der Waals surface area (Å²) in [7, 11) is -2.53. The number of rotatable bonds is 6. The zero-order chi connectivity index (χ0) is 18.2. The minimum Gasteiger partial charge on any atom is -0.376 e. The van der Waals surface area contributed by atoms with Gasteiger partial charge >= 0.3 is 0 Å². The van der Waals surface area contributed by atoms with E-state index < -0.39 is 14.9 Å². The Hall–Kier alpha value is -2.52. The van der Waals surface area contributed by atoms with E-state index >= 15 is 0 Å². The van der Waals surface area contributed by atoms with Gasteiger partial charge in [0.05, 0.1) is 9.82 Å². The molecule has 0 amide bonds. The molecule has 3 rings (SSSR count). The van der Waals surface area contributed by atoms with Crippen LogP contribution in [0.15, 0.2) is 47.4 Å². The van der Waals surface area contributed by atoms with Crippen molar-refractivity contribution in [1.29, 1.82) is 0 Å². The summed E-state index contributed by atoms with van der Waals surface area (Å²) < 4.78 is 39.0. The summed E-state index contributed by atoms with van der Waals surface area (Å²) in [4.78, 5) is 10.5. The molecule has 2 aromatic rings. The van der Waals surface area contributed by atoms with Gasteiger partial charge in [0.25, 0.3) is 5.69 Å². The molecule has 1 aliphatic carbocycles. The van der Waals surface area contributed by atoms with Crippen molar-refractivity contribution in [2.24, 2.45) is 0 Å². The number of nitrogens with one attached hydrogen (secondary N) is 2. The molecule has 0 bridgehead atoms. The van der Waals surface area contributed by atoms with Crippen LogP contribution in [0.1, 0.15) is 17.9 Å². The normalized spacial score (nSPS) is 19.4. The van der Waals surface area contributed by atoms with E-state index in [0.717, 1.165) is 18.1 Å². The molecule has 9 heteroatoms. The number of hydrogen-bond donors (Lipinski definition) is 2. The summed E-state index contributed by atoms with van der Waals surface area (Å²) in [5, 5.41) is 14.3. The van der Waals surface area contributed by atoms with Gasteiger partial charge in [-0.3, -0.25) is 10.1 Å². The van der Waals surface area contributed by atoms with Gasteiger partial charge < -0.3 is 5.32 Å². The number of nitro benzene ring substituents is 1. The Bertz CT molecular complexity index is 933. The fraction of sp³-hybridized carbons (Fsp3) is 0.250. The number of benzene rings is 2. The van der Waals surface area contributed by atoms with Gasteiger partial charge in [0.15, 0.2) is 0 Å². The van der Waals surface area contributed by atoms with Crippen molar-refractivity contribution in [3.63, 3.8) is 0 Å². The van der Waals surface area contributed by atoms with Crippen LogP contribution in [-0.2, 0) is 10.0 Å². The highest BCUT2D eigenvalue weighted by Gasteiger charge is 2.39. The smallest absolute Gasteiger partial charge is 0.293 e. The number of halogens is 1. The first kappa shape index (κ1) is 17.3. The molecule has 0 saturated heterocycles. The maximum Gasteiger partial charge on any atom is 0.293 e. The fourth-order valence-electron chi connectivity index (χ4n) is 2.73. The van der Waals surface area contributed by atoms with Crippen LogP contribution in [0.3, 0.4) is 0 Å². The van der Waals surface area contributed by atoms with Crippen molar-refractivity contribution in [2.75, 3.05) is 12.4 Å². The molecule has 2 atom stereocenters. The number of anilines is 1. The molecule has 2 aromatic carbocycles. The standard InChI is InChI=1S/C16H16FN3O4S/c1-18-25(23,24)12-5-6-14(16(8-12)20(21)22)19-15-9-13(15)10-3-2-4-11(17)7-10/h2-8,13,15,18-19H,9H2,1H3/t13-,15+/m0/s1. The molecule has 0 aromatic heterocycles. The average molecular weight is 365 g/mol. The second kappa shape index (κ2) is 6.41. The molecule has 7 nitrogen and oxygen atoms in total. The first-order valence-corrected chi connectivity index (χ1v) is 9.04. The Morgan fingerprint density at radius 2 is 2.00 bits per heavy atom. The average Bonchev–Trinajstić information content (AvgIpc) is 3.34. The van der Waals surface area contributed by atoms with Crippen LogP contribution in [0.5, 0.6) is 0 Å². The molecule has 0 unspecified atom stereocenters. The number of nitrogens with zero attached hydrogens (tertiary/aromatic N) is 1. The number of hydrogen-bond acceptors (Lipinski definition) is 5. The summed E-state index contributed by atoms with van der Waals surface area (Å²) in [5.41, 5.74) is 0.750. The van der Waals surface area contributed by atoms with E-state index in [-0.39, 0.29) is 34.0 Å². The van der Waals surface area contributed by atoms with Crippen LogP contribution >= 0.6 is 0 Å². The molecular formula is C16H16FN3O4S. The van der Waals surface area contributed by atoms with Crippen molar-refractivity contribution in [2.45, 2.75) is 23.3 Å². The van der Waals surface area contributed by atoms with Crippen LogP contribution in [0.25, 0.3) is 0 Å². The number of sulfonamides is 1. The van der Waals surface area contributed by atoms with Gasteiger partial charge in [-0.1, -0.05) is 12.1 Å². The lowest BCUT2D eigenvalue weighted by molar-refractivity contribution is -0.384. The van der Waals surface area contributed by atoms with Gasteiger partial charge in [0.2, 0.25) is 10.0 Å². The Kier molecular flexibility index (Phi) is 4.44. The summed E-state index contributed by atoms with van der Waals surface area (Å²) in [6, 6.07) is 9.89. The monoisotopic (exact) mass is 365 g/mol. The van der Waals surface area contributed by atoms with Crippen LogP contribution in [0.4, 0.5) is 15.8 Å². The summed E-state index contributed by atoms with van der Waals surface area (Å²) in [6.07, 6.45) is 0.719. The van der Waals surface area contributed by atoms with Crippen LogP contribution < -0.4 is 10.0 Å². The van der Waals surface area contributed by atoms with Gasteiger partial charge in [-0.15, -0.1) is 0 Å². The summed E-state index contributed by atoms with van der Waals surface area (Å²) >= 11 is 0. The summed E-state index contributed by atoms with van der Waals surface area (Å²) in [6.45, 7) is 0. The topological polar surface area (TPSA) is 101 Å². The SMILES string of the molecule is CNS(=O)(=O)c1ccc(N[C@@H]2C[C@H]2c2cccc(F)c2)c([N+](=O)[O-])c1. The Morgan fingerprint density at radius 1 is 1.24 bits per heavy atom. The van der Waals surface area contributed by atoms with Gasteiger partial charge in [-0.25, -0.2) is 17.5 Å². The minimum atomic E-state index is -3.77. The zero-order valence-corrected chi connectivity index (χ0v) is 14.1. The van der Waals surface area contributed by atoms with Crippen molar-refractivity contribution >= 4 is 21.4 Å². The molecule has 1 saturated carbocycles. The van der Waals surface area contributed by atoms with Crippen molar-refractivity contribution in [3.05, 3.63) is 64.0 Å². The van der Waals surface area contributed by atoms with E-state index in [1.54, 1.807) is 6.07 Å². The molecule has 0 radical (unpaired) electrons. The molecule has 0 heterocycles. The Labute approximate surface area is 144 Å². The third-order valence-corrected chi connectivity index (χ3v) is 5.57. The second-order valence-corrected chi connectivity index (χ2v) is 7.68. The van der Waals surface area contributed by atoms with E-state index in [2.05, 4.69) is 10.0 Å². The molecule has 132 valence electrons. The highest BCUT2D eigenvalue weighted by Crippen LogP contribution is 2.44. The predicted octanol–water partition coefficient (Wildman–Crippen LogP) is 2.61. The quantitative estimate of drug-likeness (QED) is 0.605. The van der Waals surface area contributed by atoms with E-state index in [1.165, 1.54) is 31.3 Å². The molecule has 0 aliphatic heterocycles. The number of nitro groups is 1. The molecule has 0 spiro atoms. The minimum absolute atomic E-state index is 0.0627. The molecule has 1 fully saturated rings. The van der Waals surface area contributed by atoms with Crippen LogP contribution in [0.2, 0.25) is 0 Å². The third kappa shape index (κ3) is 3.62. The summed E-state index contributed by atoms with van der Waals surface area (Å²) in [5.74, 6) is -0.258. The first-order valence-electron chi connectivity index (χ1n) is 7.56. The van der Waals surface area contributed by atoms with Crippen molar-refractivity contribution in [3.8, 4) is 0 Å². The zero-order valence-electron chi connectivity index (χ0n) is 13.3. The highest BCUT2D eigenvalue weighted by atomic mass is 32.2. The van der Waals surface area contributed by atoms with E-state index in [9.17, 15) is 22.9 Å². The van der Waals surface area contributed by atoms with Gasteiger partial charge in [-0.2, -0.15) is 0 Å². The molecule has 1 aliphatic rings. The highest BCUT2D eigenvalue weighted by molar-refractivity contribution is 7.89. The van der Waals surface area contributed by atoms with Crippen molar-refractivity contribution in [1.82, 2.24) is 4.72 Å². The van der Waals surface area contributed by atoms with E-state index in [1.807, 2.05) is 6.07 Å². The lowest BCUT2D eigenvalue weighted by atomic mass is 10.1. The second-order valence-electron chi connectivity index (χ2n) is 5.79. The first-order chi connectivity index (χ1) is 11.8. The van der Waals surface area contributed by atoms with Crippen molar-refractivity contribution < 1.29 is 17.7 Å². The molecule has 2 N–H and O–H groups in total. The largest absolute Gasteiger partial charge is 0.376 e. The molecular weight excluding hydrogens is 349 g/mol. The lowest BCUT2D eigenvalue weighted by Gasteiger charge is -2.09. The van der Waals surface area contributed by atoms with Gasteiger partial charge in [0.1, 0.15) is 11.5 Å². The molecule has 25 heavy (non-hydrogen) atoms. The van der Waals surface area contributed by atoms with Crippen LogP contribution in [-0.4, -0.2) is 26.4 Å². The van der Waals surface area contributed by atoms with Gasteiger partial charge in [-0.05, 0) is 43.3 Å². The predicted molar refractivity (Wildman–Crippen MR) is 90.5 cm³/mol. The maximum atomic E-state index is 13.3. The van der Waals surface area contributed by atoms with Crippen LogP contribution in [0, 0.1) is 15.9 Å². The third-order valence-electron chi connectivity index (χ3n) is 4.15. The maximum absolute atomic E-state index is 13.3. The van der Waals surface area contributed by atoms with Gasteiger partial charge in [0, 0.05) is 18.0 Å². The lowest BCUT2D eigenvalue weighted by Crippen LogP contribution is -2.19. The fourth-order valence-corrected chi connectivity index (χ4v) is 3.48.